The molecule has 1 fully saturated rings. The maximum Gasteiger partial charge on any atom is 0.263 e. The highest BCUT2D eigenvalue weighted by Crippen LogP contribution is 2.23. The molecule has 1 aromatic heterocycles. The second kappa shape index (κ2) is 6.86. The summed E-state index contributed by atoms with van der Waals surface area (Å²) in [5.74, 6) is -0.0932. The Balaban J connectivity index is 1.97. The van der Waals surface area contributed by atoms with E-state index < -0.39 is 10.0 Å². The molecule has 9 heteroatoms. The van der Waals surface area contributed by atoms with Gasteiger partial charge in [-0.15, -0.1) is 5.10 Å². The standard InChI is InChI=1S/C15H18N4O3S2/c1-11-5-6-12(15(20)19-7-3-2-4-8-19)13(9-11)24(21,22)17-14-10-23-18-16-14/h5-6,9-10,17H,2-4,7-8H2,1H3. The molecule has 0 bridgehead atoms. The molecule has 1 N–H and O–H groups in total. The first-order chi connectivity index (χ1) is 11.5. The first-order valence-electron chi connectivity index (χ1n) is 7.67. The summed E-state index contributed by atoms with van der Waals surface area (Å²) in [6, 6.07) is 4.85. The Morgan fingerprint density at radius 1 is 1.25 bits per heavy atom. The summed E-state index contributed by atoms with van der Waals surface area (Å²) in [6.07, 6.45) is 2.99. The van der Waals surface area contributed by atoms with Crippen LogP contribution in [0.25, 0.3) is 0 Å². The Kier molecular flexibility index (Phi) is 4.81. The quantitative estimate of drug-likeness (QED) is 0.896. The molecule has 1 saturated heterocycles. The number of benzene rings is 1. The van der Waals surface area contributed by atoms with E-state index in [0.29, 0.717) is 13.1 Å². The monoisotopic (exact) mass is 366 g/mol. The molecule has 1 aliphatic heterocycles. The van der Waals surface area contributed by atoms with Crippen molar-refractivity contribution >= 4 is 33.3 Å². The maximum atomic E-state index is 12.8. The summed E-state index contributed by atoms with van der Waals surface area (Å²) < 4.78 is 31.4. The van der Waals surface area contributed by atoms with Crippen LogP contribution in [0.5, 0.6) is 0 Å². The second-order valence-electron chi connectivity index (χ2n) is 5.75. The minimum atomic E-state index is -3.91. The van der Waals surface area contributed by atoms with E-state index in [1.165, 1.54) is 11.4 Å². The number of nitrogens with one attached hydrogen (secondary N) is 1. The third-order valence-electron chi connectivity index (χ3n) is 3.90. The molecule has 24 heavy (non-hydrogen) atoms. The number of piperidine rings is 1. The molecule has 3 rings (SSSR count). The predicted octanol–water partition coefficient (Wildman–Crippen LogP) is 2.27. The van der Waals surface area contributed by atoms with Crippen molar-refractivity contribution in [2.75, 3.05) is 17.8 Å². The Labute approximate surface area is 144 Å². The number of aryl methyl sites for hydroxylation is 1. The van der Waals surface area contributed by atoms with Gasteiger partial charge < -0.3 is 4.90 Å². The van der Waals surface area contributed by atoms with Crippen molar-refractivity contribution < 1.29 is 13.2 Å². The van der Waals surface area contributed by atoms with Gasteiger partial charge in [0, 0.05) is 13.1 Å². The number of rotatable bonds is 4. The van der Waals surface area contributed by atoms with Crippen molar-refractivity contribution in [2.24, 2.45) is 0 Å². The zero-order chi connectivity index (χ0) is 17.2. The fraction of sp³-hybridized carbons (Fsp3) is 0.400. The number of aromatic nitrogens is 2. The van der Waals surface area contributed by atoms with Crippen molar-refractivity contribution in [3.05, 3.63) is 34.7 Å². The van der Waals surface area contributed by atoms with Gasteiger partial charge in [0.1, 0.15) is 4.90 Å². The molecule has 0 unspecified atom stereocenters. The van der Waals surface area contributed by atoms with E-state index in [4.69, 9.17) is 0 Å². The highest BCUT2D eigenvalue weighted by atomic mass is 32.2. The third-order valence-corrected chi connectivity index (χ3v) is 5.80. The third kappa shape index (κ3) is 3.57. The number of carbonyl (C=O) groups is 1. The van der Waals surface area contributed by atoms with Gasteiger partial charge in [0.15, 0.2) is 5.82 Å². The second-order valence-corrected chi connectivity index (χ2v) is 8.01. The molecular weight excluding hydrogens is 348 g/mol. The highest BCUT2D eigenvalue weighted by Gasteiger charge is 2.27. The molecule has 1 amide bonds. The summed E-state index contributed by atoms with van der Waals surface area (Å²) in [5.41, 5.74) is 0.958. The van der Waals surface area contributed by atoms with Crippen LogP contribution in [-0.2, 0) is 10.0 Å². The van der Waals surface area contributed by atoms with Crippen molar-refractivity contribution in [1.29, 1.82) is 0 Å². The van der Waals surface area contributed by atoms with Crippen LogP contribution in [0.3, 0.4) is 0 Å². The van der Waals surface area contributed by atoms with Gasteiger partial charge in [0.05, 0.1) is 10.9 Å². The lowest BCUT2D eigenvalue weighted by Gasteiger charge is -2.27. The van der Waals surface area contributed by atoms with Gasteiger partial charge in [-0.3, -0.25) is 9.52 Å². The van der Waals surface area contributed by atoms with E-state index in [1.807, 2.05) is 0 Å². The lowest BCUT2D eigenvalue weighted by atomic mass is 10.1. The van der Waals surface area contributed by atoms with Crippen LogP contribution < -0.4 is 4.72 Å². The van der Waals surface area contributed by atoms with Crippen LogP contribution in [0.1, 0.15) is 35.2 Å². The van der Waals surface area contributed by atoms with Crippen LogP contribution in [-0.4, -0.2) is 41.9 Å². The molecule has 2 aromatic rings. The van der Waals surface area contributed by atoms with Crippen LogP contribution in [0.4, 0.5) is 5.82 Å². The van der Waals surface area contributed by atoms with Crippen LogP contribution in [0.2, 0.25) is 0 Å². The fourth-order valence-electron chi connectivity index (χ4n) is 2.70. The van der Waals surface area contributed by atoms with E-state index >= 15 is 0 Å². The number of amides is 1. The molecule has 0 spiro atoms. The summed E-state index contributed by atoms with van der Waals surface area (Å²) in [6.45, 7) is 3.11. The molecule has 1 aliphatic rings. The van der Waals surface area contributed by atoms with Crippen molar-refractivity contribution in [2.45, 2.75) is 31.1 Å². The number of likely N-dealkylation sites (tertiary alicyclic amines) is 1. The van der Waals surface area contributed by atoms with Gasteiger partial charge in [-0.25, -0.2) is 8.42 Å². The first kappa shape index (κ1) is 16.8. The zero-order valence-corrected chi connectivity index (χ0v) is 14.9. The van der Waals surface area contributed by atoms with Gasteiger partial charge >= 0.3 is 0 Å². The number of hydrogen-bond acceptors (Lipinski definition) is 6. The van der Waals surface area contributed by atoms with E-state index in [2.05, 4.69) is 14.3 Å². The molecule has 0 aliphatic carbocycles. The number of hydrogen-bond donors (Lipinski definition) is 1. The smallest absolute Gasteiger partial charge is 0.263 e. The van der Waals surface area contributed by atoms with Gasteiger partial charge in [-0.05, 0) is 55.4 Å². The number of anilines is 1. The van der Waals surface area contributed by atoms with Crippen LogP contribution in [0, 0.1) is 6.92 Å². The average Bonchev–Trinajstić information content (AvgIpc) is 3.07. The first-order valence-corrected chi connectivity index (χ1v) is 9.99. The number of nitrogens with zero attached hydrogens (tertiary/aromatic N) is 3. The molecule has 1 aromatic carbocycles. The van der Waals surface area contributed by atoms with E-state index in [9.17, 15) is 13.2 Å². The topological polar surface area (TPSA) is 92.3 Å². The molecule has 7 nitrogen and oxygen atoms in total. The average molecular weight is 366 g/mol. The summed E-state index contributed by atoms with van der Waals surface area (Å²) in [7, 11) is -3.91. The van der Waals surface area contributed by atoms with Gasteiger partial charge in [0.2, 0.25) is 0 Å². The van der Waals surface area contributed by atoms with E-state index in [-0.39, 0.29) is 22.2 Å². The minimum Gasteiger partial charge on any atom is -0.339 e. The number of carbonyl (C=O) groups excluding carboxylic acids is 1. The Bertz CT molecular complexity index is 828. The van der Waals surface area contributed by atoms with E-state index in [1.54, 1.807) is 24.0 Å². The largest absolute Gasteiger partial charge is 0.339 e. The molecule has 0 radical (unpaired) electrons. The molecular formula is C15H18N4O3S2. The SMILES string of the molecule is Cc1ccc(C(=O)N2CCCCC2)c(S(=O)(=O)Nc2csnn2)c1. The van der Waals surface area contributed by atoms with Crippen LogP contribution in [0.15, 0.2) is 28.5 Å². The Morgan fingerprint density at radius 2 is 2.00 bits per heavy atom. The molecule has 2 heterocycles. The molecule has 128 valence electrons. The lowest BCUT2D eigenvalue weighted by molar-refractivity contribution is 0.0720. The van der Waals surface area contributed by atoms with Gasteiger partial charge in [0.25, 0.3) is 15.9 Å². The fourth-order valence-corrected chi connectivity index (χ4v) is 4.43. The lowest BCUT2D eigenvalue weighted by Crippen LogP contribution is -2.36. The molecule has 0 atom stereocenters. The summed E-state index contributed by atoms with van der Waals surface area (Å²) in [4.78, 5) is 14.5. The Morgan fingerprint density at radius 3 is 2.67 bits per heavy atom. The normalized spacial score (nSPS) is 15.3. The predicted molar refractivity (Wildman–Crippen MR) is 91.7 cm³/mol. The van der Waals surface area contributed by atoms with Gasteiger partial charge in [-0.2, -0.15) is 0 Å². The summed E-state index contributed by atoms with van der Waals surface area (Å²) >= 11 is 1.05. The van der Waals surface area contributed by atoms with Crippen molar-refractivity contribution in [1.82, 2.24) is 14.5 Å². The summed E-state index contributed by atoms with van der Waals surface area (Å²) in [5, 5.41) is 5.20. The van der Waals surface area contributed by atoms with Crippen LogP contribution >= 0.6 is 11.5 Å². The highest BCUT2D eigenvalue weighted by molar-refractivity contribution is 7.92. The molecule has 0 saturated carbocycles. The van der Waals surface area contributed by atoms with Gasteiger partial charge in [-0.1, -0.05) is 10.6 Å². The minimum absolute atomic E-state index is 0.0222. The maximum absolute atomic E-state index is 12.8. The zero-order valence-electron chi connectivity index (χ0n) is 13.2. The number of sulfonamides is 1. The Hall–Kier alpha value is -2.00. The van der Waals surface area contributed by atoms with E-state index in [0.717, 1.165) is 36.4 Å². The van der Waals surface area contributed by atoms with Crippen molar-refractivity contribution in [3.8, 4) is 0 Å². The van der Waals surface area contributed by atoms with Crippen molar-refractivity contribution in [3.63, 3.8) is 0 Å².